The van der Waals surface area contributed by atoms with Gasteiger partial charge in [-0.15, -0.1) is 10.2 Å². The molecule has 0 saturated carbocycles. The lowest BCUT2D eigenvalue weighted by atomic mass is 10.3. The number of esters is 1. The summed E-state index contributed by atoms with van der Waals surface area (Å²) in [6.07, 6.45) is 3.39. The predicted octanol–water partition coefficient (Wildman–Crippen LogP) is 3.66. The number of carbonyl (C=O) groups excluding carboxylic acids is 1. The Labute approximate surface area is 169 Å². The third-order valence-corrected chi connectivity index (χ3v) is 5.62. The fraction of sp³-hybridized carbons (Fsp3) is 0.235. The molecule has 0 saturated heterocycles. The van der Waals surface area contributed by atoms with Crippen LogP contribution >= 0.6 is 35.1 Å². The molecule has 2 heterocycles. The fourth-order valence-electron chi connectivity index (χ4n) is 2.18. The summed E-state index contributed by atoms with van der Waals surface area (Å²) < 4.78 is 6.70. The summed E-state index contributed by atoms with van der Waals surface area (Å²) in [6, 6.07) is 9.12. The summed E-state index contributed by atoms with van der Waals surface area (Å²) in [5, 5.41) is 10.0. The summed E-state index contributed by atoms with van der Waals surface area (Å²) in [4.78, 5) is 20.2. The number of thioether (sulfide) groups is 2. The van der Waals surface area contributed by atoms with Crippen LogP contribution in [0.4, 0.5) is 0 Å². The second-order valence-electron chi connectivity index (χ2n) is 5.31. The van der Waals surface area contributed by atoms with Gasteiger partial charge >= 0.3 is 5.97 Å². The van der Waals surface area contributed by atoms with E-state index in [1.807, 2.05) is 16.7 Å². The number of rotatable bonds is 7. The number of hydrogen-bond acceptors (Lipinski definition) is 8. The highest BCUT2D eigenvalue weighted by atomic mass is 35.5. The number of ether oxygens (including phenoxy) is 1. The van der Waals surface area contributed by atoms with Crippen LogP contribution in [0.25, 0.3) is 5.69 Å². The van der Waals surface area contributed by atoms with Crippen molar-refractivity contribution < 1.29 is 9.53 Å². The average molecular weight is 422 g/mol. The van der Waals surface area contributed by atoms with E-state index in [-0.39, 0.29) is 5.97 Å². The number of halogens is 1. The van der Waals surface area contributed by atoms with Crippen LogP contribution in [-0.4, -0.2) is 43.1 Å². The smallest absolute Gasteiger partial charge is 0.318 e. The standard InChI is InChI=1S/C17H16ClN5O2S2/c1-11(15(24)25-2)27-17-22-21-14(10-26-16-19-8-3-9-20-16)23(17)13-6-4-12(18)5-7-13/h3-9,11H,10H2,1-2H3/t11-/m0/s1. The van der Waals surface area contributed by atoms with Gasteiger partial charge in [0, 0.05) is 23.1 Å². The van der Waals surface area contributed by atoms with Gasteiger partial charge in [0.25, 0.3) is 0 Å². The van der Waals surface area contributed by atoms with Crippen molar-refractivity contribution in [3.05, 3.63) is 53.6 Å². The molecule has 1 atom stereocenters. The monoisotopic (exact) mass is 421 g/mol. The molecule has 0 N–H and O–H groups in total. The molecule has 0 radical (unpaired) electrons. The van der Waals surface area contributed by atoms with E-state index in [0.717, 1.165) is 5.69 Å². The van der Waals surface area contributed by atoms with Crippen molar-refractivity contribution in [2.75, 3.05) is 7.11 Å². The molecular formula is C17H16ClN5O2S2. The second-order valence-corrected chi connectivity index (χ2v) is 8.00. The van der Waals surface area contributed by atoms with Crippen molar-refractivity contribution in [3.63, 3.8) is 0 Å². The molecule has 0 aliphatic rings. The van der Waals surface area contributed by atoms with E-state index in [4.69, 9.17) is 16.3 Å². The number of carbonyl (C=O) groups is 1. The Hall–Kier alpha value is -2.10. The summed E-state index contributed by atoms with van der Waals surface area (Å²) in [5.74, 6) is 0.917. The van der Waals surface area contributed by atoms with Gasteiger partial charge in [-0.2, -0.15) is 0 Å². The molecule has 3 rings (SSSR count). The van der Waals surface area contributed by atoms with Gasteiger partial charge in [-0.25, -0.2) is 9.97 Å². The van der Waals surface area contributed by atoms with Crippen LogP contribution in [0.5, 0.6) is 0 Å². The van der Waals surface area contributed by atoms with Crippen LogP contribution in [-0.2, 0) is 15.3 Å². The second kappa shape index (κ2) is 9.20. The van der Waals surface area contributed by atoms with Gasteiger partial charge in [-0.3, -0.25) is 9.36 Å². The molecule has 27 heavy (non-hydrogen) atoms. The molecular weight excluding hydrogens is 406 g/mol. The van der Waals surface area contributed by atoms with Crippen molar-refractivity contribution in [2.24, 2.45) is 0 Å². The first-order valence-electron chi connectivity index (χ1n) is 7.93. The summed E-state index contributed by atoms with van der Waals surface area (Å²) in [6.45, 7) is 1.77. The van der Waals surface area contributed by atoms with Gasteiger partial charge < -0.3 is 4.74 Å². The lowest BCUT2D eigenvalue weighted by Gasteiger charge is -2.12. The van der Waals surface area contributed by atoms with E-state index in [0.29, 0.717) is 26.9 Å². The molecule has 0 aliphatic carbocycles. The van der Waals surface area contributed by atoms with E-state index in [1.165, 1.54) is 30.6 Å². The first-order valence-corrected chi connectivity index (χ1v) is 10.2. The molecule has 0 fully saturated rings. The number of benzene rings is 1. The molecule has 0 unspecified atom stereocenters. The Balaban J connectivity index is 1.90. The van der Waals surface area contributed by atoms with Crippen molar-refractivity contribution in [1.82, 2.24) is 24.7 Å². The molecule has 3 aromatic rings. The summed E-state index contributed by atoms with van der Waals surface area (Å²) in [5.41, 5.74) is 0.855. The number of methoxy groups -OCH3 is 1. The van der Waals surface area contributed by atoms with Crippen LogP contribution in [0.1, 0.15) is 12.7 Å². The molecule has 140 valence electrons. The molecule has 7 nitrogen and oxygen atoms in total. The number of aromatic nitrogens is 5. The maximum Gasteiger partial charge on any atom is 0.318 e. The quantitative estimate of drug-likeness (QED) is 0.324. The van der Waals surface area contributed by atoms with Crippen LogP contribution in [0.15, 0.2) is 53.0 Å². The fourth-order valence-corrected chi connectivity index (χ4v) is 3.94. The summed E-state index contributed by atoms with van der Waals surface area (Å²) >= 11 is 8.75. The van der Waals surface area contributed by atoms with Crippen LogP contribution < -0.4 is 0 Å². The molecule has 0 amide bonds. The molecule has 10 heteroatoms. The Morgan fingerprint density at radius 1 is 1.22 bits per heavy atom. The van der Waals surface area contributed by atoms with Gasteiger partial charge in [-0.05, 0) is 37.3 Å². The number of nitrogens with zero attached hydrogens (tertiary/aromatic N) is 5. The lowest BCUT2D eigenvalue weighted by Crippen LogP contribution is -2.15. The molecule has 0 bridgehead atoms. The van der Waals surface area contributed by atoms with E-state index >= 15 is 0 Å². The highest BCUT2D eigenvalue weighted by Crippen LogP contribution is 2.29. The largest absolute Gasteiger partial charge is 0.468 e. The van der Waals surface area contributed by atoms with Crippen LogP contribution in [0.2, 0.25) is 5.02 Å². The minimum Gasteiger partial charge on any atom is -0.468 e. The van der Waals surface area contributed by atoms with Crippen molar-refractivity contribution in [2.45, 2.75) is 28.2 Å². The van der Waals surface area contributed by atoms with Crippen LogP contribution in [0.3, 0.4) is 0 Å². The minimum atomic E-state index is -0.414. The Morgan fingerprint density at radius 3 is 2.59 bits per heavy atom. The Bertz CT molecular complexity index is 905. The normalized spacial score (nSPS) is 12.0. The third kappa shape index (κ3) is 5.00. The zero-order chi connectivity index (χ0) is 19.2. The lowest BCUT2D eigenvalue weighted by molar-refractivity contribution is -0.139. The van der Waals surface area contributed by atoms with E-state index in [1.54, 1.807) is 37.5 Å². The van der Waals surface area contributed by atoms with Gasteiger partial charge in [0.15, 0.2) is 10.3 Å². The van der Waals surface area contributed by atoms with Crippen molar-refractivity contribution >= 4 is 41.1 Å². The van der Waals surface area contributed by atoms with Gasteiger partial charge in [0.05, 0.1) is 12.9 Å². The SMILES string of the molecule is COC(=O)[C@H](C)Sc1nnc(CSc2ncccn2)n1-c1ccc(Cl)cc1. The maximum atomic E-state index is 11.8. The van der Waals surface area contributed by atoms with E-state index in [9.17, 15) is 4.79 Å². The minimum absolute atomic E-state index is 0.320. The predicted molar refractivity (Wildman–Crippen MR) is 105 cm³/mol. The molecule has 0 aliphatic heterocycles. The topological polar surface area (TPSA) is 82.8 Å². The molecule has 1 aromatic carbocycles. The number of hydrogen-bond donors (Lipinski definition) is 0. The zero-order valence-electron chi connectivity index (χ0n) is 14.6. The average Bonchev–Trinajstić information content (AvgIpc) is 3.09. The Morgan fingerprint density at radius 2 is 1.93 bits per heavy atom. The first kappa shape index (κ1) is 19.7. The molecule has 2 aromatic heterocycles. The van der Waals surface area contributed by atoms with Gasteiger partial charge in [0.1, 0.15) is 11.1 Å². The van der Waals surface area contributed by atoms with E-state index in [2.05, 4.69) is 20.2 Å². The van der Waals surface area contributed by atoms with Gasteiger partial charge in [-0.1, -0.05) is 35.1 Å². The maximum absolute atomic E-state index is 11.8. The zero-order valence-corrected chi connectivity index (χ0v) is 17.0. The van der Waals surface area contributed by atoms with Crippen molar-refractivity contribution in [1.29, 1.82) is 0 Å². The third-order valence-electron chi connectivity index (χ3n) is 3.47. The highest BCUT2D eigenvalue weighted by Gasteiger charge is 2.21. The molecule has 0 spiro atoms. The Kier molecular flexibility index (Phi) is 6.70. The van der Waals surface area contributed by atoms with Crippen molar-refractivity contribution in [3.8, 4) is 5.69 Å². The van der Waals surface area contributed by atoms with Crippen LogP contribution in [0, 0.1) is 0 Å². The summed E-state index contributed by atoms with van der Waals surface area (Å²) in [7, 11) is 1.37. The van der Waals surface area contributed by atoms with E-state index < -0.39 is 5.25 Å². The highest BCUT2D eigenvalue weighted by molar-refractivity contribution is 8.00. The van der Waals surface area contributed by atoms with Gasteiger partial charge in [0.2, 0.25) is 0 Å². The first-order chi connectivity index (χ1) is 13.1.